The zero-order chi connectivity index (χ0) is 28.4. The summed E-state index contributed by atoms with van der Waals surface area (Å²) >= 11 is 0. The molecule has 3 aromatic carbocycles. The van der Waals surface area contributed by atoms with Gasteiger partial charge in [0.25, 0.3) is 5.56 Å². The van der Waals surface area contributed by atoms with Crippen molar-refractivity contribution in [3.05, 3.63) is 124 Å². The number of nitrogens with zero attached hydrogens (tertiary/aromatic N) is 2. The highest BCUT2D eigenvalue weighted by molar-refractivity contribution is 5.73. The van der Waals surface area contributed by atoms with Crippen LogP contribution in [-0.4, -0.2) is 52.7 Å². The molecule has 9 nitrogen and oxygen atoms in total. The van der Waals surface area contributed by atoms with Crippen LogP contribution in [0.2, 0.25) is 0 Å². The van der Waals surface area contributed by atoms with E-state index in [1.54, 1.807) is 31.0 Å². The van der Waals surface area contributed by atoms with Crippen LogP contribution >= 0.6 is 0 Å². The Bertz CT molecular complexity index is 1620. The fourth-order valence-electron chi connectivity index (χ4n) is 5.56. The molecule has 210 valence electrons. The average molecular weight is 554 g/mol. The smallest absolute Gasteiger partial charge is 0.276 e. The molecule has 3 atom stereocenters. The summed E-state index contributed by atoms with van der Waals surface area (Å²) in [6, 6.07) is 27.4. The number of benzene rings is 3. The largest absolute Gasteiger partial charge is 0.497 e. The molecule has 0 unspecified atom stereocenters. The molecule has 3 heterocycles. The molecule has 0 spiro atoms. The van der Waals surface area contributed by atoms with Gasteiger partial charge in [0.2, 0.25) is 0 Å². The fraction of sp³-hybridized carbons (Fsp3) is 0.250. The Kier molecular flexibility index (Phi) is 7.32. The van der Waals surface area contributed by atoms with Gasteiger partial charge in [-0.3, -0.25) is 4.79 Å². The van der Waals surface area contributed by atoms with E-state index in [0.29, 0.717) is 17.5 Å². The number of rotatable bonds is 9. The fourth-order valence-corrected chi connectivity index (χ4v) is 5.56. The highest BCUT2D eigenvalue weighted by Crippen LogP contribution is 2.43. The molecule has 5 aromatic rings. The van der Waals surface area contributed by atoms with Gasteiger partial charge in [0, 0.05) is 12.6 Å². The van der Waals surface area contributed by atoms with Crippen LogP contribution in [0, 0.1) is 0 Å². The molecule has 41 heavy (non-hydrogen) atoms. The first kappa shape index (κ1) is 26.8. The standard InChI is InChI=1S/C32H31N3O6/c1-38-24-12-8-22(9-13-24)32(21-6-4-3-5-7-21,23-10-14-25(39-2)15-11-23)40-19-26-18-28(36)31(41-26)35-20-34-29-27(35)16-17-33-30(29)37/h3-17,20,26,28,31,36H,18-19H2,1-2H3,(H,33,37)/t26-,28+,31+/m0/s1. The first-order chi connectivity index (χ1) is 20.0. The van der Waals surface area contributed by atoms with E-state index in [1.165, 1.54) is 6.33 Å². The molecule has 0 bridgehead atoms. The second-order valence-corrected chi connectivity index (χ2v) is 9.96. The van der Waals surface area contributed by atoms with E-state index < -0.39 is 24.0 Å². The zero-order valence-corrected chi connectivity index (χ0v) is 22.8. The Morgan fingerprint density at radius 3 is 2.15 bits per heavy atom. The van der Waals surface area contributed by atoms with Gasteiger partial charge in [0.1, 0.15) is 23.2 Å². The molecule has 1 saturated heterocycles. The summed E-state index contributed by atoms with van der Waals surface area (Å²) in [5, 5.41) is 11.0. The Hall–Kier alpha value is -4.44. The minimum Gasteiger partial charge on any atom is -0.497 e. The van der Waals surface area contributed by atoms with Gasteiger partial charge < -0.3 is 33.6 Å². The second kappa shape index (κ2) is 11.2. The molecule has 1 fully saturated rings. The van der Waals surface area contributed by atoms with Gasteiger partial charge in [-0.15, -0.1) is 0 Å². The number of ether oxygens (including phenoxy) is 4. The monoisotopic (exact) mass is 553 g/mol. The van der Waals surface area contributed by atoms with Gasteiger partial charge >= 0.3 is 0 Å². The molecule has 2 aromatic heterocycles. The SMILES string of the molecule is COc1ccc(C(OC[C@@H]2C[C@@H](O)[C@H](n3cnc4c(=O)[nH]ccc43)O2)(c2ccccc2)c2ccc(OC)cc2)cc1. The molecule has 0 saturated carbocycles. The molecule has 0 radical (unpaired) electrons. The lowest BCUT2D eigenvalue weighted by Gasteiger charge is -2.37. The van der Waals surface area contributed by atoms with Crippen LogP contribution < -0.4 is 15.0 Å². The van der Waals surface area contributed by atoms with E-state index in [0.717, 1.165) is 28.2 Å². The summed E-state index contributed by atoms with van der Waals surface area (Å²) in [5.41, 5.74) is 2.35. The van der Waals surface area contributed by atoms with Crippen LogP contribution in [0.25, 0.3) is 11.0 Å². The predicted octanol–water partition coefficient (Wildman–Crippen LogP) is 4.40. The third kappa shape index (κ3) is 4.88. The van der Waals surface area contributed by atoms with E-state index in [-0.39, 0.29) is 12.2 Å². The summed E-state index contributed by atoms with van der Waals surface area (Å²) in [7, 11) is 3.27. The maximum absolute atomic E-state index is 12.2. The lowest BCUT2D eigenvalue weighted by atomic mass is 9.80. The third-order valence-corrected chi connectivity index (χ3v) is 7.60. The number of aliphatic hydroxyl groups excluding tert-OH is 1. The Morgan fingerprint density at radius 2 is 1.54 bits per heavy atom. The summed E-state index contributed by atoms with van der Waals surface area (Å²) in [6.45, 7) is 0.188. The number of fused-ring (bicyclic) bond motifs is 1. The maximum atomic E-state index is 12.2. The van der Waals surface area contributed by atoms with Gasteiger partial charge in [-0.25, -0.2) is 4.98 Å². The number of aliphatic hydroxyl groups is 1. The molecule has 6 rings (SSSR count). The Morgan fingerprint density at radius 1 is 0.927 bits per heavy atom. The first-order valence-electron chi connectivity index (χ1n) is 13.4. The molecule has 1 aliphatic rings. The quantitative estimate of drug-likeness (QED) is 0.261. The number of aromatic amines is 1. The number of aromatic nitrogens is 3. The number of nitrogens with one attached hydrogen (secondary N) is 1. The summed E-state index contributed by atoms with van der Waals surface area (Å²) in [6.07, 6.45) is 1.50. The average Bonchev–Trinajstić information content (AvgIpc) is 3.62. The molecule has 0 aliphatic carbocycles. The van der Waals surface area contributed by atoms with E-state index in [2.05, 4.69) is 9.97 Å². The lowest BCUT2D eigenvalue weighted by molar-refractivity contribution is -0.0850. The summed E-state index contributed by atoms with van der Waals surface area (Å²) < 4.78 is 25.8. The highest BCUT2D eigenvalue weighted by atomic mass is 16.6. The van der Waals surface area contributed by atoms with Crippen molar-refractivity contribution in [1.82, 2.24) is 14.5 Å². The Labute approximate surface area is 236 Å². The van der Waals surface area contributed by atoms with E-state index in [4.69, 9.17) is 18.9 Å². The van der Waals surface area contributed by atoms with Crippen molar-refractivity contribution in [3.8, 4) is 11.5 Å². The number of pyridine rings is 1. The third-order valence-electron chi connectivity index (χ3n) is 7.60. The van der Waals surface area contributed by atoms with Gasteiger partial charge in [0.05, 0.1) is 38.8 Å². The van der Waals surface area contributed by atoms with Crippen LogP contribution in [-0.2, 0) is 15.1 Å². The highest BCUT2D eigenvalue weighted by Gasteiger charge is 2.41. The lowest BCUT2D eigenvalue weighted by Crippen LogP contribution is -2.35. The minimum atomic E-state index is -0.999. The van der Waals surface area contributed by atoms with Crippen molar-refractivity contribution in [2.75, 3.05) is 20.8 Å². The summed E-state index contributed by atoms with van der Waals surface area (Å²) in [5.74, 6) is 1.48. The topological polar surface area (TPSA) is 108 Å². The van der Waals surface area contributed by atoms with Gasteiger partial charge in [-0.1, -0.05) is 54.6 Å². The zero-order valence-electron chi connectivity index (χ0n) is 22.8. The molecular weight excluding hydrogens is 522 g/mol. The number of hydrogen-bond acceptors (Lipinski definition) is 7. The minimum absolute atomic E-state index is 0.188. The number of methoxy groups -OCH3 is 2. The molecule has 2 N–H and O–H groups in total. The van der Waals surface area contributed by atoms with Crippen molar-refractivity contribution < 1.29 is 24.1 Å². The molecular formula is C32H31N3O6. The first-order valence-corrected chi connectivity index (χ1v) is 13.4. The van der Waals surface area contributed by atoms with Crippen LogP contribution in [0.3, 0.4) is 0 Å². The van der Waals surface area contributed by atoms with Crippen molar-refractivity contribution in [3.63, 3.8) is 0 Å². The van der Waals surface area contributed by atoms with E-state index in [1.807, 2.05) is 78.9 Å². The van der Waals surface area contributed by atoms with Gasteiger partial charge in [-0.2, -0.15) is 0 Å². The predicted molar refractivity (Wildman–Crippen MR) is 153 cm³/mol. The molecule has 1 aliphatic heterocycles. The number of hydrogen-bond donors (Lipinski definition) is 2. The maximum Gasteiger partial charge on any atom is 0.276 e. The van der Waals surface area contributed by atoms with Gasteiger partial charge in [-0.05, 0) is 47.0 Å². The second-order valence-electron chi connectivity index (χ2n) is 9.96. The van der Waals surface area contributed by atoms with Crippen molar-refractivity contribution in [2.45, 2.75) is 30.5 Å². The Balaban J connectivity index is 1.37. The normalized spacial score (nSPS) is 19.0. The van der Waals surface area contributed by atoms with E-state index >= 15 is 0 Å². The molecule has 9 heteroatoms. The number of H-pyrrole nitrogens is 1. The van der Waals surface area contributed by atoms with E-state index in [9.17, 15) is 9.90 Å². The van der Waals surface area contributed by atoms with Crippen LogP contribution in [0.4, 0.5) is 0 Å². The van der Waals surface area contributed by atoms with Crippen molar-refractivity contribution in [2.24, 2.45) is 0 Å². The van der Waals surface area contributed by atoms with Crippen LogP contribution in [0.5, 0.6) is 11.5 Å². The van der Waals surface area contributed by atoms with Crippen molar-refractivity contribution in [1.29, 1.82) is 0 Å². The number of imidazole rings is 1. The van der Waals surface area contributed by atoms with Crippen molar-refractivity contribution >= 4 is 11.0 Å². The molecule has 0 amide bonds. The van der Waals surface area contributed by atoms with Crippen LogP contribution in [0.1, 0.15) is 29.3 Å². The van der Waals surface area contributed by atoms with Crippen LogP contribution in [0.15, 0.2) is 102 Å². The van der Waals surface area contributed by atoms with Gasteiger partial charge in [0.15, 0.2) is 11.7 Å². The summed E-state index contributed by atoms with van der Waals surface area (Å²) in [4.78, 5) is 19.0.